The topological polar surface area (TPSA) is 121 Å². The zero-order valence-corrected chi connectivity index (χ0v) is 17.6. The monoisotopic (exact) mass is 430 g/mol. The van der Waals surface area contributed by atoms with Crippen LogP contribution in [0.2, 0.25) is 0 Å². The summed E-state index contributed by atoms with van der Waals surface area (Å²) >= 11 is 0. The number of para-hydroxylation sites is 1. The largest absolute Gasteiger partial charge is 0.497 e. The van der Waals surface area contributed by atoms with Gasteiger partial charge in [-0.2, -0.15) is 4.72 Å². The molecule has 2 aromatic carbocycles. The molecule has 0 spiro atoms. The average molecular weight is 430 g/mol. The molecule has 0 saturated carbocycles. The lowest BCUT2D eigenvalue weighted by atomic mass is 10.2. The second-order valence-corrected chi connectivity index (χ2v) is 8.46. The number of rotatable bonds is 7. The number of carbonyl (C=O) groups excluding carboxylic acids is 1. The number of fused-ring (bicyclic) bond motifs is 1. The zero-order valence-electron chi connectivity index (χ0n) is 16.7. The Morgan fingerprint density at radius 3 is 2.53 bits per heavy atom. The molecule has 158 valence electrons. The molecule has 1 atom stereocenters. The van der Waals surface area contributed by atoms with Crippen LogP contribution in [0.15, 0.2) is 58.2 Å². The normalized spacial score (nSPS) is 12.5. The third kappa shape index (κ3) is 4.66. The first-order valence-electron chi connectivity index (χ1n) is 9.10. The first-order chi connectivity index (χ1) is 14.2. The molecule has 2 N–H and O–H groups in total. The Balaban J connectivity index is 1.71. The number of methoxy groups -OCH3 is 1. The lowest BCUT2D eigenvalue weighted by molar-refractivity contribution is -0.131. The van der Waals surface area contributed by atoms with E-state index in [-0.39, 0.29) is 17.0 Å². The summed E-state index contributed by atoms with van der Waals surface area (Å²) in [6, 6.07) is 11.7. The van der Waals surface area contributed by atoms with Crippen molar-refractivity contribution in [3.8, 4) is 5.75 Å². The van der Waals surface area contributed by atoms with Crippen LogP contribution in [0.3, 0.4) is 0 Å². The number of hydrogen-bond donors (Lipinski definition) is 2. The molecule has 30 heavy (non-hydrogen) atoms. The molecule has 1 heterocycles. The fraction of sp³-hybridized carbons (Fsp3) is 0.250. The number of aromatic amines is 1. The van der Waals surface area contributed by atoms with Crippen molar-refractivity contribution >= 4 is 26.8 Å². The molecule has 1 amide bonds. The van der Waals surface area contributed by atoms with Crippen molar-refractivity contribution in [1.29, 1.82) is 0 Å². The molecular weight excluding hydrogens is 408 g/mol. The van der Waals surface area contributed by atoms with E-state index in [0.29, 0.717) is 22.5 Å². The highest BCUT2D eigenvalue weighted by atomic mass is 32.2. The summed E-state index contributed by atoms with van der Waals surface area (Å²) in [5.41, 5.74) is 0.218. The Labute approximate surface area is 173 Å². The van der Waals surface area contributed by atoms with Gasteiger partial charge in [0, 0.05) is 7.05 Å². The van der Waals surface area contributed by atoms with Gasteiger partial charge >= 0.3 is 0 Å². The molecule has 0 unspecified atom stereocenters. The number of nitrogens with zero attached hydrogens (tertiary/aromatic N) is 2. The van der Waals surface area contributed by atoms with Gasteiger partial charge in [0.25, 0.3) is 5.56 Å². The molecule has 0 saturated heterocycles. The number of carbonyl (C=O) groups is 1. The van der Waals surface area contributed by atoms with Crippen LogP contribution < -0.4 is 15.0 Å². The summed E-state index contributed by atoms with van der Waals surface area (Å²) in [5.74, 6) is 0.359. The Hall–Kier alpha value is -3.24. The van der Waals surface area contributed by atoms with Crippen molar-refractivity contribution < 1.29 is 17.9 Å². The fourth-order valence-electron chi connectivity index (χ4n) is 2.95. The number of likely N-dealkylation sites (N-methyl/N-ethyl adjacent to an activating group) is 1. The van der Waals surface area contributed by atoms with E-state index in [2.05, 4.69) is 14.7 Å². The quantitative estimate of drug-likeness (QED) is 0.582. The van der Waals surface area contributed by atoms with Crippen LogP contribution in [0.5, 0.6) is 5.75 Å². The van der Waals surface area contributed by atoms with E-state index >= 15 is 0 Å². The van der Waals surface area contributed by atoms with E-state index in [1.807, 2.05) is 0 Å². The molecule has 1 aromatic heterocycles. The van der Waals surface area contributed by atoms with E-state index < -0.39 is 22.0 Å². The minimum absolute atomic E-state index is 0.0196. The number of amides is 1. The van der Waals surface area contributed by atoms with Gasteiger partial charge in [-0.25, -0.2) is 13.4 Å². The summed E-state index contributed by atoms with van der Waals surface area (Å²) < 4.78 is 32.5. The molecule has 0 aliphatic rings. The lowest BCUT2D eigenvalue weighted by Gasteiger charge is -2.21. The van der Waals surface area contributed by atoms with Crippen molar-refractivity contribution in [2.24, 2.45) is 0 Å². The van der Waals surface area contributed by atoms with Gasteiger partial charge < -0.3 is 14.6 Å². The Morgan fingerprint density at radius 2 is 1.87 bits per heavy atom. The van der Waals surface area contributed by atoms with E-state index in [1.54, 1.807) is 24.3 Å². The van der Waals surface area contributed by atoms with E-state index in [0.717, 1.165) is 0 Å². The molecule has 0 aliphatic heterocycles. The van der Waals surface area contributed by atoms with Gasteiger partial charge in [-0.05, 0) is 43.3 Å². The van der Waals surface area contributed by atoms with Crippen molar-refractivity contribution in [2.45, 2.75) is 24.4 Å². The van der Waals surface area contributed by atoms with Gasteiger partial charge in [0.15, 0.2) is 0 Å². The maximum atomic E-state index is 12.7. The molecule has 3 rings (SSSR count). The van der Waals surface area contributed by atoms with Crippen molar-refractivity contribution in [2.75, 3.05) is 14.2 Å². The maximum absolute atomic E-state index is 12.7. The molecular formula is C20H22N4O5S. The highest BCUT2D eigenvalue weighted by Gasteiger charge is 2.25. The highest BCUT2D eigenvalue weighted by molar-refractivity contribution is 7.89. The van der Waals surface area contributed by atoms with Gasteiger partial charge in [0.1, 0.15) is 11.6 Å². The van der Waals surface area contributed by atoms with Crippen LogP contribution in [-0.2, 0) is 21.4 Å². The van der Waals surface area contributed by atoms with Gasteiger partial charge in [-0.1, -0.05) is 12.1 Å². The number of benzene rings is 2. The Bertz CT molecular complexity index is 1220. The third-order valence-electron chi connectivity index (χ3n) is 4.50. The predicted octanol–water partition coefficient (Wildman–Crippen LogP) is 1.26. The number of H-pyrrole nitrogens is 1. The van der Waals surface area contributed by atoms with Gasteiger partial charge in [-0.3, -0.25) is 9.59 Å². The molecule has 3 aromatic rings. The predicted molar refractivity (Wildman–Crippen MR) is 112 cm³/mol. The van der Waals surface area contributed by atoms with Crippen LogP contribution in [0.25, 0.3) is 10.9 Å². The van der Waals surface area contributed by atoms with E-state index in [4.69, 9.17) is 4.74 Å². The number of hydrogen-bond acceptors (Lipinski definition) is 6. The smallest absolute Gasteiger partial charge is 0.258 e. The number of nitrogens with one attached hydrogen (secondary N) is 2. The standard InChI is InChI=1S/C20H22N4O5S/c1-13(23-30(27,28)15-10-8-14(29-3)9-11-15)20(26)24(2)12-18-21-17-7-5-4-6-16(17)19(25)22-18/h4-11,13,23H,12H2,1-3H3,(H,21,22,25)/t13-/m0/s1. The van der Waals surface area contributed by atoms with Crippen LogP contribution in [0.1, 0.15) is 12.7 Å². The van der Waals surface area contributed by atoms with Gasteiger partial charge in [0.2, 0.25) is 15.9 Å². The van der Waals surface area contributed by atoms with Crippen molar-refractivity contribution in [3.63, 3.8) is 0 Å². The minimum Gasteiger partial charge on any atom is -0.497 e. The Morgan fingerprint density at radius 1 is 1.20 bits per heavy atom. The van der Waals surface area contributed by atoms with E-state index in [1.165, 1.54) is 50.2 Å². The van der Waals surface area contributed by atoms with Crippen molar-refractivity contribution in [1.82, 2.24) is 19.6 Å². The first kappa shape index (κ1) is 21.5. The number of sulfonamides is 1. The summed E-state index contributed by atoms with van der Waals surface area (Å²) in [7, 11) is -0.906. The summed E-state index contributed by atoms with van der Waals surface area (Å²) in [6.45, 7) is 1.48. The van der Waals surface area contributed by atoms with Crippen molar-refractivity contribution in [3.05, 3.63) is 64.7 Å². The second-order valence-electron chi connectivity index (χ2n) is 6.74. The number of aromatic nitrogens is 2. The van der Waals surface area contributed by atoms with Gasteiger partial charge in [-0.15, -0.1) is 0 Å². The van der Waals surface area contributed by atoms with Crippen LogP contribution >= 0.6 is 0 Å². The molecule has 9 nitrogen and oxygen atoms in total. The molecule has 0 radical (unpaired) electrons. The fourth-order valence-corrected chi connectivity index (χ4v) is 4.15. The van der Waals surface area contributed by atoms with E-state index in [9.17, 15) is 18.0 Å². The molecule has 0 fully saturated rings. The lowest BCUT2D eigenvalue weighted by Crippen LogP contribution is -2.45. The Kier molecular flexibility index (Phi) is 6.18. The number of ether oxygens (including phenoxy) is 1. The molecule has 0 aliphatic carbocycles. The summed E-state index contributed by atoms with van der Waals surface area (Å²) in [6.07, 6.45) is 0. The molecule has 10 heteroatoms. The summed E-state index contributed by atoms with van der Waals surface area (Å²) in [5, 5.41) is 0.454. The maximum Gasteiger partial charge on any atom is 0.258 e. The van der Waals surface area contributed by atoms with Gasteiger partial charge in [0.05, 0.1) is 35.5 Å². The van der Waals surface area contributed by atoms with Crippen LogP contribution in [0.4, 0.5) is 0 Å². The van der Waals surface area contributed by atoms with Crippen LogP contribution in [-0.4, -0.2) is 49.4 Å². The highest BCUT2D eigenvalue weighted by Crippen LogP contribution is 2.16. The summed E-state index contributed by atoms with van der Waals surface area (Å²) in [4.78, 5) is 33.2. The minimum atomic E-state index is -3.90. The average Bonchev–Trinajstić information content (AvgIpc) is 2.73. The third-order valence-corrected chi connectivity index (χ3v) is 6.05. The zero-order chi connectivity index (χ0) is 21.9. The van der Waals surface area contributed by atoms with Crippen LogP contribution in [0, 0.1) is 0 Å². The first-order valence-corrected chi connectivity index (χ1v) is 10.6. The molecule has 0 bridgehead atoms. The second kappa shape index (κ2) is 8.64. The SMILES string of the molecule is COc1ccc(S(=O)(=O)N[C@@H](C)C(=O)N(C)Cc2nc3ccccc3c(=O)[nH]2)cc1.